The third kappa shape index (κ3) is 2.93. The first-order valence-corrected chi connectivity index (χ1v) is 6.91. The highest BCUT2D eigenvalue weighted by Gasteiger charge is 2.06. The second kappa shape index (κ2) is 6.05. The molecule has 0 N–H and O–H groups in total. The van der Waals surface area contributed by atoms with Gasteiger partial charge in [-0.05, 0) is 30.6 Å². The Morgan fingerprint density at radius 2 is 2.11 bits per heavy atom. The lowest BCUT2D eigenvalue weighted by atomic mass is 10.1. The molecular weight excluding hydrogens is 244 g/mol. The Balaban J connectivity index is 2.19. The summed E-state index contributed by atoms with van der Waals surface area (Å²) in [6, 6.07) is 7.57. The summed E-state index contributed by atoms with van der Waals surface area (Å²) in [6.45, 7) is 2.86. The maximum absolute atomic E-state index is 12.2. The highest BCUT2D eigenvalue weighted by molar-refractivity contribution is 7.80. The van der Waals surface area contributed by atoms with Crippen LogP contribution in [0.4, 0.5) is 0 Å². The molecule has 0 aliphatic rings. The third-order valence-electron chi connectivity index (χ3n) is 3.22. The summed E-state index contributed by atoms with van der Waals surface area (Å²) in [4.78, 5) is 12.2. The number of thiol groups is 1. The lowest BCUT2D eigenvalue weighted by molar-refractivity contribution is 0.442. The molecule has 1 unspecified atom stereocenters. The van der Waals surface area contributed by atoms with E-state index in [2.05, 4.69) is 24.7 Å². The number of fused-ring (bicyclic) bond motifs is 1. The minimum atomic E-state index is 0.00572. The van der Waals surface area contributed by atoms with Gasteiger partial charge in [-0.2, -0.15) is 17.7 Å². The highest BCUT2D eigenvalue weighted by Crippen LogP contribution is 2.10. The van der Waals surface area contributed by atoms with Crippen molar-refractivity contribution in [2.24, 2.45) is 5.92 Å². The molecule has 1 aromatic heterocycles. The number of benzene rings is 1. The van der Waals surface area contributed by atoms with Crippen LogP contribution in [0.15, 0.2) is 35.3 Å². The molecule has 0 spiro atoms. The summed E-state index contributed by atoms with van der Waals surface area (Å²) in [6.07, 6.45) is 3.80. The van der Waals surface area contributed by atoms with E-state index in [0.717, 1.165) is 29.4 Å². The fourth-order valence-electron chi connectivity index (χ4n) is 1.99. The van der Waals surface area contributed by atoms with Gasteiger partial charge in [0.15, 0.2) is 0 Å². The van der Waals surface area contributed by atoms with Gasteiger partial charge >= 0.3 is 0 Å². The normalized spacial score (nSPS) is 12.8. The summed E-state index contributed by atoms with van der Waals surface area (Å²) in [5, 5.41) is 5.87. The highest BCUT2D eigenvalue weighted by atomic mass is 32.1. The molecule has 4 heteroatoms. The molecule has 96 valence electrons. The van der Waals surface area contributed by atoms with Crippen LogP contribution in [0.2, 0.25) is 0 Å². The average Bonchev–Trinajstić information content (AvgIpc) is 2.39. The van der Waals surface area contributed by atoms with Crippen molar-refractivity contribution < 1.29 is 0 Å². The largest absolute Gasteiger partial charge is 0.274 e. The second-order valence-electron chi connectivity index (χ2n) is 4.67. The van der Waals surface area contributed by atoms with Crippen molar-refractivity contribution in [3.05, 3.63) is 40.8 Å². The van der Waals surface area contributed by atoms with Gasteiger partial charge in [-0.1, -0.05) is 25.1 Å². The fraction of sp³-hybridized carbons (Fsp3) is 0.429. The Bertz CT molecular complexity index is 579. The number of nitrogens with zero attached hydrogens (tertiary/aromatic N) is 2. The predicted molar refractivity (Wildman–Crippen MR) is 78.3 cm³/mol. The maximum Gasteiger partial charge on any atom is 0.274 e. The molecular formula is C14H18N2OS. The first-order chi connectivity index (χ1) is 8.72. The van der Waals surface area contributed by atoms with E-state index in [1.807, 2.05) is 24.3 Å². The van der Waals surface area contributed by atoms with Crippen molar-refractivity contribution in [3.8, 4) is 0 Å². The molecule has 0 saturated heterocycles. The maximum atomic E-state index is 12.2. The standard InChI is InChI=1S/C14H18N2OS/c1-11(7-9-18)6-8-16-14(17)13-5-3-2-4-12(13)10-15-16/h2-5,10-11,18H,6-9H2,1H3. The van der Waals surface area contributed by atoms with Crippen LogP contribution in [0.1, 0.15) is 19.8 Å². The van der Waals surface area contributed by atoms with Gasteiger partial charge in [0.25, 0.3) is 5.56 Å². The van der Waals surface area contributed by atoms with Gasteiger partial charge in [0, 0.05) is 11.9 Å². The van der Waals surface area contributed by atoms with E-state index in [4.69, 9.17) is 0 Å². The number of hydrogen-bond donors (Lipinski definition) is 1. The molecule has 0 aliphatic heterocycles. The van der Waals surface area contributed by atoms with Crippen molar-refractivity contribution in [2.75, 3.05) is 5.75 Å². The zero-order chi connectivity index (χ0) is 13.0. The molecule has 3 nitrogen and oxygen atoms in total. The summed E-state index contributed by atoms with van der Waals surface area (Å²) >= 11 is 4.22. The zero-order valence-electron chi connectivity index (χ0n) is 10.5. The number of hydrogen-bond acceptors (Lipinski definition) is 3. The summed E-state index contributed by atoms with van der Waals surface area (Å²) in [5.41, 5.74) is 0.00572. The number of rotatable bonds is 5. The number of aryl methyl sites for hydroxylation is 1. The van der Waals surface area contributed by atoms with Crippen molar-refractivity contribution in [2.45, 2.75) is 26.3 Å². The Labute approximate surface area is 112 Å². The van der Waals surface area contributed by atoms with Gasteiger partial charge in [-0.25, -0.2) is 4.68 Å². The lowest BCUT2D eigenvalue weighted by Crippen LogP contribution is -2.23. The molecule has 0 radical (unpaired) electrons. The van der Waals surface area contributed by atoms with Crippen LogP contribution in [0.3, 0.4) is 0 Å². The predicted octanol–water partition coefficient (Wildman–Crippen LogP) is 2.74. The molecule has 0 fully saturated rings. The van der Waals surface area contributed by atoms with Crippen LogP contribution in [-0.4, -0.2) is 15.5 Å². The average molecular weight is 262 g/mol. The van der Waals surface area contributed by atoms with Crippen molar-refractivity contribution >= 4 is 23.4 Å². The zero-order valence-corrected chi connectivity index (χ0v) is 11.4. The van der Waals surface area contributed by atoms with Crippen LogP contribution < -0.4 is 5.56 Å². The first kappa shape index (κ1) is 13.1. The van der Waals surface area contributed by atoms with E-state index < -0.39 is 0 Å². The molecule has 0 amide bonds. The van der Waals surface area contributed by atoms with Crippen molar-refractivity contribution in [3.63, 3.8) is 0 Å². The van der Waals surface area contributed by atoms with Crippen LogP contribution in [0.25, 0.3) is 10.8 Å². The Kier molecular flexibility index (Phi) is 4.42. The molecule has 18 heavy (non-hydrogen) atoms. The Morgan fingerprint density at radius 1 is 1.33 bits per heavy atom. The van der Waals surface area contributed by atoms with Crippen LogP contribution >= 0.6 is 12.6 Å². The topological polar surface area (TPSA) is 34.9 Å². The lowest BCUT2D eigenvalue weighted by Gasteiger charge is -2.10. The van der Waals surface area contributed by atoms with Crippen LogP contribution in [-0.2, 0) is 6.54 Å². The second-order valence-corrected chi connectivity index (χ2v) is 5.11. The van der Waals surface area contributed by atoms with Crippen LogP contribution in [0, 0.1) is 5.92 Å². The van der Waals surface area contributed by atoms with Crippen LogP contribution in [0.5, 0.6) is 0 Å². The van der Waals surface area contributed by atoms with E-state index in [1.165, 1.54) is 0 Å². The van der Waals surface area contributed by atoms with Gasteiger partial charge < -0.3 is 0 Å². The fourth-order valence-corrected chi connectivity index (χ4v) is 2.44. The molecule has 1 heterocycles. The molecule has 0 bridgehead atoms. The minimum Gasteiger partial charge on any atom is -0.267 e. The summed E-state index contributed by atoms with van der Waals surface area (Å²) < 4.78 is 1.57. The monoisotopic (exact) mass is 262 g/mol. The van der Waals surface area contributed by atoms with Gasteiger partial charge in [-0.15, -0.1) is 0 Å². The van der Waals surface area contributed by atoms with Crippen molar-refractivity contribution in [1.82, 2.24) is 9.78 Å². The summed E-state index contributed by atoms with van der Waals surface area (Å²) in [7, 11) is 0. The minimum absolute atomic E-state index is 0.00572. The Morgan fingerprint density at radius 3 is 2.89 bits per heavy atom. The van der Waals surface area contributed by atoms with E-state index >= 15 is 0 Å². The van der Waals surface area contributed by atoms with E-state index in [-0.39, 0.29) is 5.56 Å². The van der Waals surface area contributed by atoms with Gasteiger partial charge in [0.05, 0.1) is 11.6 Å². The Hall–Kier alpha value is -1.29. The van der Waals surface area contributed by atoms with E-state index in [1.54, 1.807) is 10.9 Å². The van der Waals surface area contributed by atoms with Gasteiger partial charge in [0.2, 0.25) is 0 Å². The molecule has 1 aromatic carbocycles. The molecule has 0 aliphatic carbocycles. The first-order valence-electron chi connectivity index (χ1n) is 6.28. The van der Waals surface area contributed by atoms with Crippen molar-refractivity contribution in [1.29, 1.82) is 0 Å². The SMILES string of the molecule is CC(CCS)CCn1ncc2ccccc2c1=O. The quantitative estimate of drug-likeness (QED) is 0.841. The summed E-state index contributed by atoms with van der Waals surface area (Å²) in [5.74, 6) is 1.46. The molecule has 2 aromatic rings. The van der Waals surface area contributed by atoms with Gasteiger partial charge in [-0.3, -0.25) is 4.79 Å². The molecule has 1 atom stereocenters. The van der Waals surface area contributed by atoms with E-state index in [9.17, 15) is 4.79 Å². The van der Waals surface area contributed by atoms with E-state index in [0.29, 0.717) is 12.5 Å². The van der Waals surface area contributed by atoms with Gasteiger partial charge in [0.1, 0.15) is 0 Å². The molecule has 2 rings (SSSR count). The third-order valence-corrected chi connectivity index (χ3v) is 3.48. The molecule has 0 saturated carbocycles. The number of aromatic nitrogens is 2. The smallest absolute Gasteiger partial charge is 0.267 e.